The van der Waals surface area contributed by atoms with Crippen LogP contribution in [0.4, 0.5) is 4.79 Å². The van der Waals surface area contributed by atoms with E-state index in [1.807, 2.05) is 0 Å². The summed E-state index contributed by atoms with van der Waals surface area (Å²) in [4.78, 5) is 10.7. The maximum Gasteiger partial charge on any atom is 0.404 e. The second kappa shape index (κ2) is 5.53. The Morgan fingerprint density at radius 3 is 2.69 bits per heavy atom. The monoisotopic (exact) mass is 229 g/mol. The smallest absolute Gasteiger partial charge is 0.404 e. The molecule has 0 unspecified atom stereocenters. The van der Waals surface area contributed by atoms with Gasteiger partial charge in [0.05, 0.1) is 12.1 Å². The molecule has 4 heteroatoms. The highest BCUT2D eigenvalue weighted by Crippen LogP contribution is 2.25. The van der Waals surface area contributed by atoms with Crippen molar-refractivity contribution < 1.29 is 14.6 Å². The van der Waals surface area contributed by atoms with E-state index in [1.54, 1.807) is 0 Å². The topological polar surface area (TPSA) is 58.6 Å². The number of hydrogen-bond donors (Lipinski definition) is 2. The predicted molar refractivity (Wildman–Crippen MR) is 62.6 cm³/mol. The van der Waals surface area contributed by atoms with Crippen LogP contribution < -0.4 is 5.32 Å². The second-order valence-corrected chi connectivity index (χ2v) is 5.71. The molecule has 0 saturated carbocycles. The van der Waals surface area contributed by atoms with Crippen LogP contribution >= 0.6 is 0 Å². The van der Waals surface area contributed by atoms with Crippen LogP contribution in [0, 0.1) is 5.41 Å². The fraction of sp³-hybridized carbons (Fsp3) is 0.917. The van der Waals surface area contributed by atoms with Gasteiger partial charge in [0.1, 0.15) is 0 Å². The average molecular weight is 229 g/mol. The molecule has 0 radical (unpaired) electrons. The average Bonchev–Trinajstić information content (AvgIpc) is 2.62. The highest BCUT2D eigenvalue weighted by molar-refractivity contribution is 5.64. The molecule has 2 atom stereocenters. The Morgan fingerprint density at radius 1 is 1.56 bits per heavy atom. The van der Waals surface area contributed by atoms with Gasteiger partial charge in [-0.2, -0.15) is 0 Å². The van der Waals surface area contributed by atoms with Crippen molar-refractivity contribution in [2.75, 3.05) is 6.61 Å². The summed E-state index contributed by atoms with van der Waals surface area (Å²) < 4.78 is 5.56. The maximum absolute atomic E-state index is 10.7. The van der Waals surface area contributed by atoms with Crippen molar-refractivity contribution >= 4 is 6.09 Å². The normalized spacial score (nSPS) is 23.1. The van der Waals surface area contributed by atoms with Gasteiger partial charge in [-0.05, 0) is 31.1 Å². The van der Waals surface area contributed by atoms with Gasteiger partial charge in [-0.25, -0.2) is 4.79 Å². The molecule has 0 aromatic rings. The number of carboxylic acid groups (broad SMARTS) is 1. The van der Waals surface area contributed by atoms with Crippen molar-refractivity contribution in [3.63, 3.8) is 0 Å². The summed E-state index contributed by atoms with van der Waals surface area (Å²) in [5.41, 5.74) is 0.233. The van der Waals surface area contributed by atoms with Crippen LogP contribution in [0.5, 0.6) is 0 Å². The first kappa shape index (κ1) is 13.3. The number of ether oxygens (including phenoxy) is 1. The second-order valence-electron chi connectivity index (χ2n) is 5.71. The van der Waals surface area contributed by atoms with E-state index in [-0.39, 0.29) is 17.6 Å². The Labute approximate surface area is 97.4 Å². The summed E-state index contributed by atoms with van der Waals surface area (Å²) >= 11 is 0. The molecule has 1 fully saturated rings. The molecule has 4 nitrogen and oxygen atoms in total. The molecule has 2 N–H and O–H groups in total. The minimum absolute atomic E-state index is 0.0563. The Hall–Kier alpha value is -0.770. The molecule has 0 spiro atoms. The van der Waals surface area contributed by atoms with E-state index in [0.717, 1.165) is 32.3 Å². The summed E-state index contributed by atoms with van der Waals surface area (Å²) in [5.74, 6) is 0. The molecule has 1 heterocycles. The lowest BCUT2D eigenvalue weighted by Gasteiger charge is -2.26. The summed E-state index contributed by atoms with van der Waals surface area (Å²) in [6.45, 7) is 7.26. The summed E-state index contributed by atoms with van der Waals surface area (Å²) in [6, 6.07) is -0.0563. The van der Waals surface area contributed by atoms with Crippen molar-refractivity contribution in [2.45, 2.75) is 58.6 Å². The van der Waals surface area contributed by atoms with E-state index in [2.05, 4.69) is 26.1 Å². The quantitative estimate of drug-likeness (QED) is 0.779. The van der Waals surface area contributed by atoms with Crippen LogP contribution in [0.2, 0.25) is 0 Å². The zero-order valence-electron chi connectivity index (χ0n) is 10.5. The molecule has 0 bridgehead atoms. The highest BCUT2D eigenvalue weighted by atomic mass is 16.5. The molecule has 16 heavy (non-hydrogen) atoms. The van der Waals surface area contributed by atoms with Crippen LogP contribution in [-0.4, -0.2) is 30.0 Å². The molecule has 1 aliphatic rings. The van der Waals surface area contributed by atoms with Gasteiger partial charge in [0.2, 0.25) is 0 Å². The number of hydrogen-bond acceptors (Lipinski definition) is 2. The zero-order valence-corrected chi connectivity index (χ0v) is 10.5. The van der Waals surface area contributed by atoms with Gasteiger partial charge in [-0.1, -0.05) is 20.8 Å². The molecule has 0 aromatic carbocycles. The molecule has 1 amide bonds. The van der Waals surface area contributed by atoms with Crippen LogP contribution in [0.25, 0.3) is 0 Å². The SMILES string of the molecule is CC(C)(C)CC[C@@H](NC(=O)O)[C@H]1CCCO1. The standard InChI is InChI=1S/C12H23NO3/c1-12(2,3)7-6-9(13-11(14)15)10-5-4-8-16-10/h9-10,13H,4-8H2,1-3H3,(H,14,15)/t9-,10-/m1/s1. The van der Waals surface area contributed by atoms with Gasteiger partial charge in [-0.3, -0.25) is 0 Å². The third-order valence-electron chi connectivity index (χ3n) is 2.93. The third-order valence-corrected chi connectivity index (χ3v) is 2.93. The number of rotatable bonds is 4. The largest absolute Gasteiger partial charge is 0.465 e. The van der Waals surface area contributed by atoms with Gasteiger partial charge < -0.3 is 15.2 Å². The van der Waals surface area contributed by atoms with Crippen molar-refractivity contribution in [1.82, 2.24) is 5.32 Å². The van der Waals surface area contributed by atoms with Gasteiger partial charge in [-0.15, -0.1) is 0 Å². The third kappa shape index (κ3) is 4.84. The molecular formula is C12H23NO3. The molecule has 94 valence electrons. The van der Waals surface area contributed by atoms with E-state index in [0.29, 0.717) is 0 Å². The van der Waals surface area contributed by atoms with E-state index in [9.17, 15) is 4.79 Å². The van der Waals surface area contributed by atoms with E-state index >= 15 is 0 Å². The minimum Gasteiger partial charge on any atom is -0.465 e. The number of nitrogens with one attached hydrogen (secondary N) is 1. The Balaban J connectivity index is 2.46. The lowest BCUT2D eigenvalue weighted by atomic mass is 9.87. The Morgan fingerprint density at radius 2 is 2.25 bits per heavy atom. The lowest BCUT2D eigenvalue weighted by molar-refractivity contribution is 0.0704. The molecule has 1 aliphatic heterocycles. The fourth-order valence-corrected chi connectivity index (χ4v) is 2.02. The summed E-state index contributed by atoms with van der Waals surface area (Å²) in [7, 11) is 0. The zero-order chi connectivity index (χ0) is 12.2. The van der Waals surface area contributed by atoms with Crippen molar-refractivity contribution in [1.29, 1.82) is 0 Å². The van der Waals surface area contributed by atoms with Crippen LogP contribution in [-0.2, 0) is 4.74 Å². The van der Waals surface area contributed by atoms with E-state index in [4.69, 9.17) is 9.84 Å². The Bertz CT molecular complexity index is 229. The molecule has 1 rings (SSSR count). The number of carbonyl (C=O) groups is 1. The first-order valence-electron chi connectivity index (χ1n) is 5.99. The van der Waals surface area contributed by atoms with Gasteiger partial charge in [0.25, 0.3) is 0 Å². The molecular weight excluding hydrogens is 206 g/mol. The van der Waals surface area contributed by atoms with Crippen LogP contribution in [0.1, 0.15) is 46.5 Å². The predicted octanol–water partition coefficient (Wildman–Crippen LogP) is 2.63. The minimum atomic E-state index is -0.950. The summed E-state index contributed by atoms with van der Waals surface area (Å²) in [5, 5.41) is 11.4. The first-order chi connectivity index (χ1) is 7.38. The number of amides is 1. The first-order valence-corrected chi connectivity index (χ1v) is 5.99. The van der Waals surface area contributed by atoms with E-state index in [1.165, 1.54) is 0 Å². The van der Waals surface area contributed by atoms with Gasteiger partial charge in [0, 0.05) is 6.61 Å². The molecule has 1 saturated heterocycles. The maximum atomic E-state index is 10.7. The van der Waals surface area contributed by atoms with Crippen LogP contribution in [0.3, 0.4) is 0 Å². The van der Waals surface area contributed by atoms with Gasteiger partial charge in [0.15, 0.2) is 0 Å². The highest BCUT2D eigenvalue weighted by Gasteiger charge is 2.28. The van der Waals surface area contributed by atoms with Crippen LogP contribution in [0.15, 0.2) is 0 Å². The van der Waals surface area contributed by atoms with Crippen molar-refractivity contribution in [2.24, 2.45) is 5.41 Å². The van der Waals surface area contributed by atoms with Crippen molar-refractivity contribution in [3.8, 4) is 0 Å². The molecule has 0 aromatic heterocycles. The molecule has 0 aliphatic carbocycles. The Kier molecular flexibility index (Phi) is 4.59. The lowest BCUT2D eigenvalue weighted by Crippen LogP contribution is -2.42. The van der Waals surface area contributed by atoms with Crippen molar-refractivity contribution in [3.05, 3.63) is 0 Å². The fourth-order valence-electron chi connectivity index (χ4n) is 2.02. The van der Waals surface area contributed by atoms with E-state index < -0.39 is 6.09 Å². The summed E-state index contributed by atoms with van der Waals surface area (Å²) in [6.07, 6.45) is 2.97. The van der Waals surface area contributed by atoms with Gasteiger partial charge >= 0.3 is 6.09 Å².